The summed E-state index contributed by atoms with van der Waals surface area (Å²) in [5, 5.41) is 3.31. The predicted molar refractivity (Wildman–Crippen MR) is 77.4 cm³/mol. The number of benzene rings is 1. The van der Waals surface area contributed by atoms with Gasteiger partial charge in [-0.1, -0.05) is 25.1 Å². The molecule has 0 aliphatic heterocycles. The van der Waals surface area contributed by atoms with Gasteiger partial charge in [0.05, 0.1) is 13.2 Å². The average Bonchev–Trinajstić information content (AvgIpc) is 2.46. The Kier molecular flexibility index (Phi) is 4.69. The van der Waals surface area contributed by atoms with Crippen molar-refractivity contribution in [2.24, 2.45) is 0 Å². The van der Waals surface area contributed by atoms with Gasteiger partial charge in [0.1, 0.15) is 0 Å². The Bertz CT molecular complexity index is 586. The average molecular weight is 274 g/mol. The van der Waals surface area contributed by atoms with E-state index in [1.165, 1.54) is 7.11 Å². The van der Waals surface area contributed by atoms with Gasteiger partial charge >= 0.3 is 0 Å². The predicted octanol–water partition coefficient (Wildman–Crippen LogP) is 3.24. The van der Waals surface area contributed by atoms with E-state index >= 15 is 0 Å². The molecular formula is C16H19FN2O. The van der Waals surface area contributed by atoms with Crippen molar-refractivity contribution >= 4 is 0 Å². The molecule has 0 aliphatic carbocycles. The number of halogens is 1. The number of aryl methyl sites for hydroxylation is 1. The zero-order chi connectivity index (χ0) is 14.5. The molecule has 1 aromatic heterocycles. The lowest BCUT2D eigenvalue weighted by molar-refractivity contribution is 0.381. The summed E-state index contributed by atoms with van der Waals surface area (Å²) in [7, 11) is 1.47. The van der Waals surface area contributed by atoms with Gasteiger partial charge < -0.3 is 10.1 Å². The molecule has 1 atom stereocenters. The largest absolute Gasteiger partial charge is 0.494 e. The van der Waals surface area contributed by atoms with Crippen LogP contribution >= 0.6 is 0 Å². The highest BCUT2D eigenvalue weighted by atomic mass is 19.1. The van der Waals surface area contributed by atoms with E-state index in [1.54, 1.807) is 24.4 Å². The Hall–Kier alpha value is -1.94. The molecule has 0 amide bonds. The third-order valence-electron chi connectivity index (χ3n) is 3.29. The minimum absolute atomic E-state index is 0.233. The second-order valence-electron chi connectivity index (χ2n) is 4.53. The number of aromatic nitrogens is 1. The van der Waals surface area contributed by atoms with Crippen LogP contribution in [0.1, 0.15) is 29.8 Å². The van der Waals surface area contributed by atoms with Gasteiger partial charge in [-0.05, 0) is 31.2 Å². The molecule has 0 saturated carbocycles. The number of nitrogens with zero attached hydrogens (tertiary/aromatic N) is 1. The molecule has 2 rings (SSSR count). The van der Waals surface area contributed by atoms with Crippen molar-refractivity contribution in [1.82, 2.24) is 10.3 Å². The Morgan fingerprint density at radius 3 is 2.65 bits per heavy atom. The first kappa shape index (κ1) is 14.5. The molecule has 4 heteroatoms. The first-order valence-electron chi connectivity index (χ1n) is 6.66. The Morgan fingerprint density at radius 2 is 2.00 bits per heavy atom. The number of ether oxygens (including phenoxy) is 1. The summed E-state index contributed by atoms with van der Waals surface area (Å²) in [5.41, 5.74) is 2.43. The van der Waals surface area contributed by atoms with E-state index in [0.717, 1.165) is 17.8 Å². The minimum Gasteiger partial charge on any atom is -0.494 e. The number of rotatable bonds is 5. The molecule has 2 aromatic rings. The molecule has 0 spiro atoms. The standard InChI is InChI=1S/C16H19FN2O/c1-4-18-16(12-8-6-10-19-11(12)2)13-7-5-9-14(20-3)15(13)17/h5-10,16,18H,4H2,1-3H3. The second-order valence-corrected chi connectivity index (χ2v) is 4.53. The molecule has 20 heavy (non-hydrogen) atoms. The van der Waals surface area contributed by atoms with Crippen LogP contribution in [0.25, 0.3) is 0 Å². The van der Waals surface area contributed by atoms with Crippen molar-refractivity contribution in [1.29, 1.82) is 0 Å². The lowest BCUT2D eigenvalue weighted by Crippen LogP contribution is -2.24. The van der Waals surface area contributed by atoms with Gasteiger partial charge in [0, 0.05) is 17.5 Å². The molecule has 1 unspecified atom stereocenters. The molecule has 3 nitrogen and oxygen atoms in total. The monoisotopic (exact) mass is 274 g/mol. The van der Waals surface area contributed by atoms with Gasteiger partial charge in [0.2, 0.25) is 0 Å². The maximum absolute atomic E-state index is 14.5. The maximum Gasteiger partial charge on any atom is 0.170 e. The molecule has 0 saturated heterocycles. The molecule has 106 valence electrons. The second kappa shape index (κ2) is 6.48. The number of pyridine rings is 1. The molecule has 0 aliphatic rings. The summed E-state index contributed by atoms with van der Waals surface area (Å²) in [6, 6.07) is 8.80. The molecule has 1 heterocycles. The van der Waals surface area contributed by atoms with E-state index in [2.05, 4.69) is 10.3 Å². The van der Waals surface area contributed by atoms with Gasteiger partial charge in [0.25, 0.3) is 0 Å². The topological polar surface area (TPSA) is 34.2 Å². The third-order valence-corrected chi connectivity index (χ3v) is 3.29. The highest BCUT2D eigenvalue weighted by molar-refractivity contribution is 5.39. The lowest BCUT2D eigenvalue weighted by atomic mass is 9.97. The van der Waals surface area contributed by atoms with Gasteiger partial charge in [-0.15, -0.1) is 0 Å². The van der Waals surface area contributed by atoms with E-state index in [-0.39, 0.29) is 17.6 Å². The molecule has 0 radical (unpaired) electrons. The zero-order valence-electron chi connectivity index (χ0n) is 12.0. The molecule has 1 aromatic carbocycles. The van der Waals surface area contributed by atoms with E-state index in [0.29, 0.717) is 5.56 Å². The summed E-state index contributed by atoms with van der Waals surface area (Å²) >= 11 is 0. The van der Waals surface area contributed by atoms with Crippen molar-refractivity contribution < 1.29 is 9.13 Å². The quantitative estimate of drug-likeness (QED) is 0.909. The summed E-state index contributed by atoms with van der Waals surface area (Å²) < 4.78 is 19.5. The minimum atomic E-state index is -0.329. The molecule has 1 N–H and O–H groups in total. The van der Waals surface area contributed by atoms with E-state index < -0.39 is 0 Å². The Balaban J connectivity index is 2.52. The Morgan fingerprint density at radius 1 is 1.25 bits per heavy atom. The van der Waals surface area contributed by atoms with E-state index in [9.17, 15) is 4.39 Å². The van der Waals surface area contributed by atoms with Crippen LogP contribution in [0.4, 0.5) is 4.39 Å². The normalized spacial score (nSPS) is 12.2. The van der Waals surface area contributed by atoms with Gasteiger partial charge in [-0.3, -0.25) is 4.98 Å². The lowest BCUT2D eigenvalue weighted by Gasteiger charge is -2.21. The fourth-order valence-electron chi connectivity index (χ4n) is 2.30. The summed E-state index contributed by atoms with van der Waals surface area (Å²) in [6.45, 7) is 4.66. The highest BCUT2D eigenvalue weighted by Crippen LogP contribution is 2.30. The number of nitrogens with one attached hydrogen (secondary N) is 1. The maximum atomic E-state index is 14.5. The van der Waals surface area contributed by atoms with Gasteiger partial charge in [-0.25, -0.2) is 4.39 Å². The van der Waals surface area contributed by atoms with E-state index in [1.807, 2.05) is 26.0 Å². The molecule has 0 fully saturated rings. The SMILES string of the molecule is CCNC(c1cccnc1C)c1cccc(OC)c1F. The van der Waals surface area contributed by atoms with Crippen LogP contribution in [0.5, 0.6) is 5.75 Å². The number of hydrogen-bond acceptors (Lipinski definition) is 3. The number of hydrogen-bond donors (Lipinski definition) is 1. The third kappa shape index (κ3) is 2.80. The van der Waals surface area contributed by atoms with Crippen LogP contribution < -0.4 is 10.1 Å². The van der Waals surface area contributed by atoms with Crippen molar-refractivity contribution in [2.75, 3.05) is 13.7 Å². The summed E-state index contributed by atoms with van der Waals surface area (Å²) in [4.78, 5) is 4.29. The van der Waals surface area contributed by atoms with Crippen LogP contribution in [0, 0.1) is 12.7 Å². The van der Waals surface area contributed by atoms with Crippen molar-refractivity contribution in [3.63, 3.8) is 0 Å². The van der Waals surface area contributed by atoms with Crippen molar-refractivity contribution in [2.45, 2.75) is 19.9 Å². The summed E-state index contributed by atoms with van der Waals surface area (Å²) in [6.07, 6.45) is 1.74. The van der Waals surface area contributed by atoms with Crippen molar-refractivity contribution in [3.8, 4) is 5.75 Å². The smallest absolute Gasteiger partial charge is 0.170 e. The van der Waals surface area contributed by atoms with Crippen LogP contribution in [-0.4, -0.2) is 18.6 Å². The fraction of sp³-hybridized carbons (Fsp3) is 0.312. The van der Waals surface area contributed by atoms with Crippen molar-refractivity contribution in [3.05, 3.63) is 59.2 Å². The fourth-order valence-corrected chi connectivity index (χ4v) is 2.30. The first-order valence-corrected chi connectivity index (χ1v) is 6.66. The molecular weight excluding hydrogens is 255 g/mol. The highest BCUT2D eigenvalue weighted by Gasteiger charge is 2.21. The van der Waals surface area contributed by atoms with Gasteiger partial charge in [0.15, 0.2) is 11.6 Å². The van der Waals surface area contributed by atoms with Crippen LogP contribution in [0.15, 0.2) is 36.5 Å². The zero-order valence-corrected chi connectivity index (χ0v) is 12.0. The van der Waals surface area contributed by atoms with Crippen LogP contribution in [-0.2, 0) is 0 Å². The molecule has 0 bridgehead atoms. The summed E-state index contributed by atoms with van der Waals surface area (Å²) in [5.74, 6) is -0.0730. The van der Waals surface area contributed by atoms with E-state index in [4.69, 9.17) is 4.74 Å². The van der Waals surface area contributed by atoms with Crippen LogP contribution in [0.3, 0.4) is 0 Å². The Labute approximate surface area is 118 Å². The van der Waals surface area contributed by atoms with Crippen LogP contribution in [0.2, 0.25) is 0 Å². The number of methoxy groups -OCH3 is 1. The van der Waals surface area contributed by atoms with Gasteiger partial charge in [-0.2, -0.15) is 0 Å². The first-order chi connectivity index (χ1) is 9.69.